The number of nitrogens with one attached hydrogen (secondary N) is 1. The molecule has 0 aliphatic heterocycles. The van der Waals surface area contributed by atoms with Gasteiger partial charge in [0.25, 0.3) is 0 Å². The highest BCUT2D eigenvalue weighted by atomic mass is 15.5. The summed E-state index contributed by atoms with van der Waals surface area (Å²) in [6, 6.07) is 0. The van der Waals surface area contributed by atoms with Crippen molar-refractivity contribution in [1.29, 1.82) is 0 Å². The first kappa shape index (κ1) is 10.7. The van der Waals surface area contributed by atoms with Gasteiger partial charge in [-0.1, -0.05) is 5.21 Å². The number of nitrogens with zero attached hydrogens (tertiary/aromatic N) is 6. The van der Waals surface area contributed by atoms with Crippen LogP contribution in [0.25, 0.3) is 11.2 Å². The van der Waals surface area contributed by atoms with E-state index in [1.807, 2.05) is 14.1 Å². The molecule has 16 heavy (non-hydrogen) atoms. The van der Waals surface area contributed by atoms with Crippen LogP contribution >= 0.6 is 0 Å². The first-order valence-corrected chi connectivity index (χ1v) is 4.88. The summed E-state index contributed by atoms with van der Waals surface area (Å²) in [5.74, 6) is 5.81. The molecule has 0 radical (unpaired) electrons. The smallest absolute Gasteiger partial charge is 0.183 e. The van der Waals surface area contributed by atoms with Crippen LogP contribution in [0.5, 0.6) is 0 Å². The maximum atomic E-state index is 5.32. The Labute approximate surface area is 92.4 Å². The highest BCUT2D eigenvalue weighted by molar-refractivity contribution is 5.81. The van der Waals surface area contributed by atoms with Crippen LogP contribution in [0.2, 0.25) is 0 Å². The number of hydrogen-bond acceptors (Lipinski definition) is 7. The lowest BCUT2D eigenvalue weighted by Crippen LogP contribution is -2.19. The monoisotopic (exact) mass is 222 g/mol. The number of hydrogen-bond donors (Lipinski definition) is 2. The molecule has 0 aromatic carbocycles. The lowest BCUT2D eigenvalue weighted by molar-refractivity contribution is 0.373. The van der Waals surface area contributed by atoms with E-state index in [2.05, 4.69) is 30.6 Å². The van der Waals surface area contributed by atoms with Gasteiger partial charge in [-0.3, -0.25) is 0 Å². The number of rotatable bonds is 4. The molecule has 2 rings (SSSR count). The predicted molar refractivity (Wildman–Crippen MR) is 59.5 cm³/mol. The maximum absolute atomic E-state index is 5.32. The average molecular weight is 222 g/mol. The molecule has 0 aliphatic rings. The molecule has 86 valence electrons. The molecule has 2 aromatic rings. The minimum Gasteiger partial charge on any atom is -0.308 e. The van der Waals surface area contributed by atoms with E-state index in [9.17, 15) is 0 Å². The van der Waals surface area contributed by atoms with E-state index in [4.69, 9.17) is 5.84 Å². The first-order chi connectivity index (χ1) is 7.72. The minimum atomic E-state index is 0.487. The Morgan fingerprint density at radius 1 is 1.44 bits per heavy atom. The molecule has 0 saturated heterocycles. The van der Waals surface area contributed by atoms with E-state index in [1.165, 1.54) is 6.33 Å². The van der Waals surface area contributed by atoms with Crippen molar-refractivity contribution >= 4 is 17.0 Å². The Morgan fingerprint density at radius 2 is 2.25 bits per heavy atom. The number of fused-ring (bicyclic) bond motifs is 1. The summed E-state index contributed by atoms with van der Waals surface area (Å²) in [5.41, 5.74) is 3.74. The van der Waals surface area contributed by atoms with Crippen LogP contribution in [0.4, 0.5) is 5.82 Å². The summed E-state index contributed by atoms with van der Waals surface area (Å²) < 4.78 is 1.73. The molecule has 2 aromatic heterocycles. The number of anilines is 1. The van der Waals surface area contributed by atoms with Crippen molar-refractivity contribution < 1.29 is 0 Å². The fourth-order valence-electron chi connectivity index (χ4n) is 1.34. The summed E-state index contributed by atoms with van der Waals surface area (Å²) >= 11 is 0. The number of aromatic nitrogens is 5. The molecule has 0 unspecified atom stereocenters. The number of nitrogens with two attached hydrogens (primary N) is 1. The van der Waals surface area contributed by atoms with Crippen LogP contribution in [0.3, 0.4) is 0 Å². The van der Waals surface area contributed by atoms with E-state index < -0.39 is 0 Å². The Balaban J connectivity index is 2.34. The van der Waals surface area contributed by atoms with Gasteiger partial charge in [0.15, 0.2) is 17.0 Å². The highest BCUT2D eigenvalue weighted by Gasteiger charge is 2.10. The van der Waals surface area contributed by atoms with E-state index in [0.29, 0.717) is 17.0 Å². The van der Waals surface area contributed by atoms with Crippen molar-refractivity contribution in [2.24, 2.45) is 5.84 Å². The van der Waals surface area contributed by atoms with Crippen molar-refractivity contribution in [1.82, 2.24) is 29.9 Å². The molecule has 8 nitrogen and oxygen atoms in total. The van der Waals surface area contributed by atoms with Gasteiger partial charge in [0, 0.05) is 6.54 Å². The Hall–Kier alpha value is -1.80. The normalized spacial score (nSPS) is 11.2. The van der Waals surface area contributed by atoms with Crippen LogP contribution in [0.1, 0.15) is 0 Å². The third kappa shape index (κ3) is 1.92. The fraction of sp³-hybridized carbons (Fsp3) is 0.500. The number of likely N-dealkylation sites (N-methyl/N-ethyl adjacent to an activating group) is 1. The Morgan fingerprint density at radius 3 is 2.94 bits per heavy atom. The van der Waals surface area contributed by atoms with Crippen molar-refractivity contribution in [3.05, 3.63) is 6.33 Å². The molecular weight excluding hydrogens is 208 g/mol. The van der Waals surface area contributed by atoms with Crippen molar-refractivity contribution in [2.75, 3.05) is 26.1 Å². The van der Waals surface area contributed by atoms with Crippen molar-refractivity contribution in [3.63, 3.8) is 0 Å². The third-order valence-electron chi connectivity index (χ3n) is 2.20. The lowest BCUT2D eigenvalue weighted by Gasteiger charge is -2.08. The third-order valence-corrected chi connectivity index (χ3v) is 2.20. The second-order valence-corrected chi connectivity index (χ2v) is 3.65. The Kier molecular flexibility index (Phi) is 2.93. The van der Waals surface area contributed by atoms with Gasteiger partial charge in [0.05, 0.1) is 6.54 Å². The quantitative estimate of drug-likeness (QED) is 0.509. The van der Waals surface area contributed by atoms with Gasteiger partial charge in [-0.15, -0.1) is 5.10 Å². The molecule has 0 saturated carbocycles. The number of hydrazine groups is 1. The second kappa shape index (κ2) is 4.37. The van der Waals surface area contributed by atoms with Crippen LogP contribution in [0, 0.1) is 0 Å². The molecule has 0 amide bonds. The standard InChI is InChI=1S/C8H14N8/c1-15(2)3-4-16-8-6(13-14-16)7(12-9)10-5-11-8/h5H,3-4,9H2,1-2H3,(H,10,11,12). The van der Waals surface area contributed by atoms with E-state index in [-0.39, 0.29) is 0 Å². The van der Waals surface area contributed by atoms with Crippen molar-refractivity contribution in [3.8, 4) is 0 Å². The maximum Gasteiger partial charge on any atom is 0.183 e. The van der Waals surface area contributed by atoms with Gasteiger partial charge in [0.2, 0.25) is 0 Å². The average Bonchev–Trinajstić information content (AvgIpc) is 2.69. The molecule has 0 atom stereocenters. The number of nitrogen functional groups attached to an aromatic ring is 1. The topological polar surface area (TPSA) is 97.8 Å². The molecular formula is C8H14N8. The van der Waals surface area contributed by atoms with Crippen LogP contribution in [0.15, 0.2) is 6.33 Å². The van der Waals surface area contributed by atoms with Gasteiger partial charge in [-0.05, 0) is 14.1 Å². The van der Waals surface area contributed by atoms with Gasteiger partial charge < -0.3 is 10.3 Å². The lowest BCUT2D eigenvalue weighted by atomic mass is 10.5. The van der Waals surface area contributed by atoms with E-state index in [0.717, 1.165) is 13.1 Å². The first-order valence-electron chi connectivity index (χ1n) is 4.88. The van der Waals surface area contributed by atoms with E-state index >= 15 is 0 Å². The summed E-state index contributed by atoms with van der Waals surface area (Å²) in [5, 5.41) is 8.01. The SMILES string of the molecule is CN(C)CCn1nnc2c(NN)ncnc21. The fourth-order valence-corrected chi connectivity index (χ4v) is 1.34. The molecule has 0 spiro atoms. The summed E-state index contributed by atoms with van der Waals surface area (Å²) in [6.07, 6.45) is 1.44. The van der Waals surface area contributed by atoms with Gasteiger partial charge in [-0.25, -0.2) is 20.5 Å². The van der Waals surface area contributed by atoms with E-state index in [1.54, 1.807) is 4.68 Å². The molecule has 0 bridgehead atoms. The molecule has 0 fully saturated rings. The second-order valence-electron chi connectivity index (χ2n) is 3.65. The van der Waals surface area contributed by atoms with Gasteiger partial charge in [-0.2, -0.15) is 0 Å². The van der Waals surface area contributed by atoms with Crippen LogP contribution in [-0.4, -0.2) is 50.5 Å². The highest BCUT2D eigenvalue weighted by Crippen LogP contribution is 2.14. The van der Waals surface area contributed by atoms with Gasteiger partial charge in [0.1, 0.15) is 6.33 Å². The minimum absolute atomic E-state index is 0.487. The van der Waals surface area contributed by atoms with Crippen LogP contribution < -0.4 is 11.3 Å². The molecule has 8 heteroatoms. The van der Waals surface area contributed by atoms with Crippen molar-refractivity contribution in [2.45, 2.75) is 6.54 Å². The molecule has 0 aliphatic carbocycles. The predicted octanol–water partition coefficient (Wildman–Crippen LogP) is -0.931. The molecule has 2 heterocycles. The van der Waals surface area contributed by atoms with Crippen LogP contribution in [-0.2, 0) is 6.54 Å². The zero-order chi connectivity index (χ0) is 11.5. The Bertz CT molecular complexity index is 476. The molecule has 3 N–H and O–H groups in total. The van der Waals surface area contributed by atoms with Gasteiger partial charge >= 0.3 is 0 Å². The zero-order valence-electron chi connectivity index (χ0n) is 9.25. The zero-order valence-corrected chi connectivity index (χ0v) is 9.25. The summed E-state index contributed by atoms with van der Waals surface area (Å²) in [7, 11) is 4.00. The summed E-state index contributed by atoms with van der Waals surface area (Å²) in [4.78, 5) is 10.2. The largest absolute Gasteiger partial charge is 0.308 e. The summed E-state index contributed by atoms with van der Waals surface area (Å²) in [6.45, 7) is 1.60.